The molecule has 0 aromatic heterocycles. The topological polar surface area (TPSA) is 46.3 Å². The smallest absolute Gasteiger partial charge is 0.253 e. The predicted octanol–water partition coefficient (Wildman–Crippen LogP) is 2.54. The Bertz CT molecular complexity index is 436. The van der Waals surface area contributed by atoms with E-state index in [9.17, 15) is 4.79 Å². The van der Waals surface area contributed by atoms with Gasteiger partial charge in [0.25, 0.3) is 5.91 Å². The minimum Gasteiger partial charge on any atom is -0.338 e. The second kappa shape index (κ2) is 5.72. The van der Waals surface area contributed by atoms with Crippen LogP contribution in [0.4, 0.5) is 0 Å². The van der Waals surface area contributed by atoms with E-state index in [1.807, 2.05) is 17.0 Å². The van der Waals surface area contributed by atoms with Gasteiger partial charge in [0.1, 0.15) is 0 Å². The van der Waals surface area contributed by atoms with E-state index < -0.39 is 0 Å². The maximum Gasteiger partial charge on any atom is 0.253 e. The number of amides is 1. The third-order valence-electron chi connectivity index (χ3n) is 3.68. The van der Waals surface area contributed by atoms with Gasteiger partial charge in [-0.25, -0.2) is 0 Å². The third kappa shape index (κ3) is 2.85. The maximum atomic E-state index is 12.3. The van der Waals surface area contributed by atoms with Crippen molar-refractivity contribution in [3.05, 3.63) is 34.9 Å². The van der Waals surface area contributed by atoms with E-state index in [2.05, 4.69) is 6.92 Å². The summed E-state index contributed by atoms with van der Waals surface area (Å²) in [5, 5.41) is 0.599. The van der Waals surface area contributed by atoms with Crippen LogP contribution < -0.4 is 5.73 Å². The maximum absolute atomic E-state index is 12.3. The van der Waals surface area contributed by atoms with Crippen LogP contribution in [0.5, 0.6) is 0 Å². The average molecular weight is 267 g/mol. The Labute approximate surface area is 113 Å². The van der Waals surface area contributed by atoms with Gasteiger partial charge in [-0.3, -0.25) is 4.79 Å². The molecule has 1 heterocycles. The monoisotopic (exact) mass is 266 g/mol. The predicted molar refractivity (Wildman–Crippen MR) is 73.7 cm³/mol. The van der Waals surface area contributed by atoms with Gasteiger partial charge in [-0.05, 0) is 30.5 Å². The molecule has 1 saturated heterocycles. The first-order valence-electron chi connectivity index (χ1n) is 6.42. The summed E-state index contributed by atoms with van der Waals surface area (Å²) in [4.78, 5) is 14.2. The summed E-state index contributed by atoms with van der Waals surface area (Å²) >= 11 is 5.92. The third-order valence-corrected chi connectivity index (χ3v) is 3.91. The molecule has 0 radical (unpaired) electrons. The standard InChI is InChI=1S/C14H19ClN2O/c1-2-10-9-17(7-6-13(10)16)14(18)11-4-3-5-12(15)8-11/h3-5,8,10,13H,2,6-7,9,16H2,1H3. The van der Waals surface area contributed by atoms with Gasteiger partial charge in [0.05, 0.1) is 0 Å². The van der Waals surface area contributed by atoms with Crippen LogP contribution in [0.25, 0.3) is 0 Å². The lowest BCUT2D eigenvalue weighted by molar-refractivity contribution is 0.0649. The van der Waals surface area contributed by atoms with Gasteiger partial charge in [0, 0.05) is 29.7 Å². The van der Waals surface area contributed by atoms with Crippen molar-refractivity contribution in [2.75, 3.05) is 13.1 Å². The normalized spacial score (nSPS) is 24.1. The summed E-state index contributed by atoms with van der Waals surface area (Å²) in [5.41, 5.74) is 6.72. The number of rotatable bonds is 2. The Hall–Kier alpha value is -1.06. The molecule has 0 bridgehead atoms. The molecular formula is C14H19ClN2O. The zero-order valence-electron chi connectivity index (χ0n) is 10.6. The highest BCUT2D eigenvalue weighted by molar-refractivity contribution is 6.30. The summed E-state index contributed by atoms with van der Waals surface area (Å²) in [6, 6.07) is 7.34. The van der Waals surface area contributed by atoms with E-state index in [-0.39, 0.29) is 11.9 Å². The minimum absolute atomic E-state index is 0.0582. The molecule has 18 heavy (non-hydrogen) atoms. The number of benzene rings is 1. The summed E-state index contributed by atoms with van der Waals surface area (Å²) in [7, 11) is 0. The SMILES string of the molecule is CCC1CN(C(=O)c2cccc(Cl)c2)CCC1N. The summed E-state index contributed by atoms with van der Waals surface area (Å²) in [5.74, 6) is 0.463. The second-order valence-corrected chi connectivity index (χ2v) is 5.32. The van der Waals surface area contributed by atoms with Crippen LogP contribution in [0.2, 0.25) is 5.02 Å². The summed E-state index contributed by atoms with van der Waals surface area (Å²) in [6.07, 6.45) is 1.89. The molecule has 0 aliphatic carbocycles. The molecule has 1 aromatic rings. The first-order valence-corrected chi connectivity index (χ1v) is 6.80. The molecule has 2 rings (SSSR count). The van der Waals surface area contributed by atoms with E-state index in [0.29, 0.717) is 16.5 Å². The number of piperidine rings is 1. The Morgan fingerprint density at radius 3 is 3.00 bits per heavy atom. The van der Waals surface area contributed by atoms with Crippen LogP contribution in [0.3, 0.4) is 0 Å². The lowest BCUT2D eigenvalue weighted by Crippen LogP contribution is -2.49. The van der Waals surface area contributed by atoms with E-state index in [1.165, 1.54) is 0 Å². The molecule has 1 aliphatic rings. The van der Waals surface area contributed by atoms with Gasteiger partial charge >= 0.3 is 0 Å². The fraction of sp³-hybridized carbons (Fsp3) is 0.500. The molecule has 2 atom stereocenters. The second-order valence-electron chi connectivity index (χ2n) is 4.88. The summed E-state index contributed by atoms with van der Waals surface area (Å²) < 4.78 is 0. The van der Waals surface area contributed by atoms with Gasteiger partial charge in [0.2, 0.25) is 0 Å². The number of nitrogens with zero attached hydrogens (tertiary/aromatic N) is 1. The number of likely N-dealkylation sites (tertiary alicyclic amines) is 1. The van der Waals surface area contributed by atoms with Crippen LogP contribution in [0.1, 0.15) is 30.1 Å². The molecule has 0 spiro atoms. The first kappa shape index (κ1) is 13.4. The molecule has 1 aromatic carbocycles. The van der Waals surface area contributed by atoms with Gasteiger partial charge in [-0.2, -0.15) is 0 Å². The quantitative estimate of drug-likeness (QED) is 0.894. The molecular weight excluding hydrogens is 248 g/mol. The Morgan fingerprint density at radius 2 is 2.33 bits per heavy atom. The number of carbonyl (C=O) groups excluding carboxylic acids is 1. The number of nitrogens with two attached hydrogens (primary N) is 1. The zero-order valence-corrected chi connectivity index (χ0v) is 11.4. The molecule has 4 heteroatoms. The first-order chi connectivity index (χ1) is 8.61. The molecule has 1 aliphatic heterocycles. The van der Waals surface area contributed by atoms with E-state index in [0.717, 1.165) is 25.9 Å². The van der Waals surface area contributed by atoms with Crippen molar-refractivity contribution in [3.8, 4) is 0 Å². The van der Waals surface area contributed by atoms with Crippen molar-refractivity contribution in [1.82, 2.24) is 4.90 Å². The number of carbonyl (C=O) groups is 1. The fourth-order valence-electron chi connectivity index (χ4n) is 2.47. The minimum atomic E-state index is 0.0582. The highest BCUT2D eigenvalue weighted by Gasteiger charge is 2.28. The van der Waals surface area contributed by atoms with Crippen LogP contribution in [0, 0.1) is 5.92 Å². The van der Waals surface area contributed by atoms with Crippen LogP contribution in [-0.2, 0) is 0 Å². The van der Waals surface area contributed by atoms with E-state index in [4.69, 9.17) is 17.3 Å². The van der Waals surface area contributed by atoms with Crippen LogP contribution in [-0.4, -0.2) is 29.9 Å². The molecule has 0 saturated carbocycles. The molecule has 98 valence electrons. The average Bonchev–Trinajstić information content (AvgIpc) is 2.38. The van der Waals surface area contributed by atoms with E-state index in [1.54, 1.807) is 12.1 Å². The van der Waals surface area contributed by atoms with Gasteiger partial charge in [-0.1, -0.05) is 31.0 Å². The van der Waals surface area contributed by atoms with Crippen molar-refractivity contribution in [2.45, 2.75) is 25.8 Å². The lowest BCUT2D eigenvalue weighted by atomic mass is 9.90. The van der Waals surface area contributed by atoms with Crippen LogP contribution >= 0.6 is 11.6 Å². The number of halogens is 1. The Morgan fingerprint density at radius 1 is 1.56 bits per heavy atom. The lowest BCUT2D eigenvalue weighted by Gasteiger charge is -2.36. The highest BCUT2D eigenvalue weighted by atomic mass is 35.5. The van der Waals surface area contributed by atoms with Gasteiger partial charge in [0.15, 0.2) is 0 Å². The Kier molecular flexibility index (Phi) is 4.25. The van der Waals surface area contributed by atoms with Crippen molar-refractivity contribution in [2.24, 2.45) is 11.7 Å². The molecule has 1 fully saturated rings. The van der Waals surface area contributed by atoms with Gasteiger partial charge in [-0.15, -0.1) is 0 Å². The molecule has 1 amide bonds. The summed E-state index contributed by atoms with van der Waals surface area (Å²) in [6.45, 7) is 3.61. The molecule has 3 nitrogen and oxygen atoms in total. The van der Waals surface area contributed by atoms with Crippen molar-refractivity contribution in [3.63, 3.8) is 0 Å². The largest absolute Gasteiger partial charge is 0.338 e. The van der Waals surface area contributed by atoms with Gasteiger partial charge < -0.3 is 10.6 Å². The van der Waals surface area contributed by atoms with Crippen molar-refractivity contribution < 1.29 is 4.79 Å². The Balaban J connectivity index is 2.10. The van der Waals surface area contributed by atoms with Crippen molar-refractivity contribution in [1.29, 1.82) is 0 Å². The fourth-order valence-corrected chi connectivity index (χ4v) is 2.66. The van der Waals surface area contributed by atoms with Crippen molar-refractivity contribution >= 4 is 17.5 Å². The molecule has 2 N–H and O–H groups in total. The number of hydrogen-bond acceptors (Lipinski definition) is 2. The van der Waals surface area contributed by atoms with E-state index >= 15 is 0 Å². The number of hydrogen-bond donors (Lipinski definition) is 1. The highest BCUT2D eigenvalue weighted by Crippen LogP contribution is 2.21. The van der Waals surface area contributed by atoms with Crippen LogP contribution in [0.15, 0.2) is 24.3 Å². The zero-order chi connectivity index (χ0) is 13.1. The molecule has 2 unspecified atom stereocenters.